The van der Waals surface area contributed by atoms with E-state index < -0.39 is 0 Å². The highest BCUT2D eigenvalue weighted by atomic mass is 16.4. The Morgan fingerprint density at radius 3 is 2.00 bits per heavy atom. The standard InChI is InChI=1S/C15H15NO/c1-12(13-8-4-2-5-9-13)15(16-17)14-10-6-3-7-11-14/h2-12,17H,1H3/b16-15-/t12-/m1/s1. The van der Waals surface area contributed by atoms with Gasteiger partial charge < -0.3 is 5.21 Å². The van der Waals surface area contributed by atoms with E-state index in [1.807, 2.05) is 67.6 Å². The lowest BCUT2D eigenvalue weighted by molar-refractivity contribution is 0.317. The second kappa shape index (κ2) is 5.30. The first-order valence-electron chi connectivity index (χ1n) is 5.65. The van der Waals surface area contributed by atoms with Crippen molar-refractivity contribution in [2.75, 3.05) is 0 Å². The normalized spacial score (nSPS) is 13.4. The Balaban J connectivity index is 2.33. The summed E-state index contributed by atoms with van der Waals surface area (Å²) in [6, 6.07) is 19.8. The Morgan fingerprint density at radius 2 is 1.47 bits per heavy atom. The van der Waals surface area contributed by atoms with Crippen molar-refractivity contribution in [3.63, 3.8) is 0 Å². The van der Waals surface area contributed by atoms with Crippen molar-refractivity contribution in [1.82, 2.24) is 0 Å². The van der Waals surface area contributed by atoms with Crippen LogP contribution in [0.4, 0.5) is 0 Å². The predicted octanol–water partition coefficient (Wildman–Crippen LogP) is 3.67. The summed E-state index contributed by atoms with van der Waals surface area (Å²) in [7, 11) is 0. The van der Waals surface area contributed by atoms with Gasteiger partial charge in [0.15, 0.2) is 0 Å². The third-order valence-corrected chi connectivity index (χ3v) is 2.89. The predicted molar refractivity (Wildman–Crippen MR) is 69.6 cm³/mol. The molecule has 2 rings (SSSR count). The lowest BCUT2D eigenvalue weighted by Crippen LogP contribution is -2.11. The molecule has 0 aliphatic heterocycles. The summed E-state index contributed by atoms with van der Waals surface area (Å²) in [5, 5.41) is 12.7. The fourth-order valence-corrected chi connectivity index (χ4v) is 1.90. The Hall–Kier alpha value is -2.09. The van der Waals surface area contributed by atoms with Gasteiger partial charge in [0.2, 0.25) is 0 Å². The van der Waals surface area contributed by atoms with Crippen LogP contribution in [0, 0.1) is 0 Å². The quantitative estimate of drug-likeness (QED) is 0.482. The molecule has 1 atom stereocenters. The first-order valence-corrected chi connectivity index (χ1v) is 5.65. The summed E-state index contributed by atoms with van der Waals surface area (Å²) in [4.78, 5) is 0. The van der Waals surface area contributed by atoms with Gasteiger partial charge in [-0.2, -0.15) is 0 Å². The van der Waals surface area contributed by atoms with Crippen LogP contribution in [-0.2, 0) is 0 Å². The zero-order valence-electron chi connectivity index (χ0n) is 9.75. The lowest BCUT2D eigenvalue weighted by atomic mass is 9.92. The molecule has 2 aromatic rings. The summed E-state index contributed by atoms with van der Waals surface area (Å²) in [6.07, 6.45) is 0. The van der Waals surface area contributed by atoms with Crippen molar-refractivity contribution in [2.24, 2.45) is 5.16 Å². The maximum atomic E-state index is 9.20. The number of hydrogen-bond donors (Lipinski definition) is 1. The van der Waals surface area contributed by atoms with Gasteiger partial charge in [0.25, 0.3) is 0 Å². The van der Waals surface area contributed by atoms with E-state index in [2.05, 4.69) is 5.16 Å². The summed E-state index contributed by atoms with van der Waals surface area (Å²) in [5.74, 6) is 0.0728. The Labute approximate surface area is 101 Å². The van der Waals surface area contributed by atoms with Crippen molar-refractivity contribution in [3.05, 3.63) is 71.8 Å². The van der Waals surface area contributed by atoms with Crippen LogP contribution in [0.3, 0.4) is 0 Å². The second-order valence-electron chi connectivity index (χ2n) is 3.98. The molecule has 0 spiro atoms. The minimum atomic E-state index is 0.0728. The monoisotopic (exact) mass is 225 g/mol. The highest BCUT2D eigenvalue weighted by Gasteiger charge is 2.15. The highest BCUT2D eigenvalue weighted by molar-refractivity contribution is 6.04. The van der Waals surface area contributed by atoms with Crippen LogP contribution in [-0.4, -0.2) is 10.9 Å². The van der Waals surface area contributed by atoms with Crippen molar-refractivity contribution in [2.45, 2.75) is 12.8 Å². The van der Waals surface area contributed by atoms with E-state index >= 15 is 0 Å². The average Bonchev–Trinajstić information content (AvgIpc) is 2.42. The Morgan fingerprint density at radius 1 is 0.941 bits per heavy atom. The summed E-state index contributed by atoms with van der Waals surface area (Å²) in [6.45, 7) is 2.04. The molecule has 2 nitrogen and oxygen atoms in total. The van der Waals surface area contributed by atoms with Crippen LogP contribution in [0.25, 0.3) is 0 Å². The van der Waals surface area contributed by atoms with E-state index in [9.17, 15) is 5.21 Å². The molecule has 0 saturated heterocycles. The molecular weight excluding hydrogens is 210 g/mol. The number of nitrogens with zero attached hydrogens (tertiary/aromatic N) is 1. The van der Waals surface area contributed by atoms with Gasteiger partial charge in [0.05, 0.1) is 5.71 Å². The number of rotatable bonds is 3. The molecule has 0 unspecified atom stereocenters. The molecule has 0 aromatic heterocycles. The number of hydrogen-bond acceptors (Lipinski definition) is 2. The largest absolute Gasteiger partial charge is 0.411 e. The maximum absolute atomic E-state index is 9.20. The minimum Gasteiger partial charge on any atom is -0.411 e. The van der Waals surface area contributed by atoms with Gasteiger partial charge >= 0.3 is 0 Å². The smallest absolute Gasteiger partial charge is 0.0939 e. The van der Waals surface area contributed by atoms with Gasteiger partial charge in [-0.05, 0) is 11.1 Å². The SMILES string of the molecule is C[C@@H](/C(=N/O)c1ccccc1)c1ccccc1. The molecule has 86 valence electrons. The van der Waals surface area contributed by atoms with E-state index in [4.69, 9.17) is 0 Å². The van der Waals surface area contributed by atoms with Crippen LogP contribution < -0.4 is 0 Å². The molecule has 0 fully saturated rings. The molecule has 0 aliphatic rings. The number of benzene rings is 2. The van der Waals surface area contributed by atoms with Gasteiger partial charge in [-0.3, -0.25) is 0 Å². The summed E-state index contributed by atoms with van der Waals surface area (Å²) >= 11 is 0. The van der Waals surface area contributed by atoms with Crippen LogP contribution >= 0.6 is 0 Å². The minimum absolute atomic E-state index is 0.0728. The van der Waals surface area contributed by atoms with Crippen LogP contribution in [0.5, 0.6) is 0 Å². The van der Waals surface area contributed by atoms with E-state index in [1.54, 1.807) is 0 Å². The fourth-order valence-electron chi connectivity index (χ4n) is 1.90. The third-order valence-electron chi connectivity index (χ3n) is 2.89. The fraction of sp³-hybridized carbons (Fsp3) is 0.133. The Bertz CT molecular complexity index is 491. The first-order chi connectivity index (χ1) is 8.33. The topological polar surface area (TPSA) is 32.6 Å². The lowest BCUT2D eigenvalue weighted by Gasteiger charge is -2.13. The van der Waals surface area contributed by atoms with E-state index in [0.717, 1.165) is 11.1 Å². The maximum Gasteiger partial charge on any atom is 0.0939 e. The molecule has 0 bridgehead atoms. The van der Waals surface area contributed by atoms with Crippen molar-refractivity contribution in [3.8, 4) is 0 Å². The third kappa shape index (κ3) is 2.53. The molecule has 17 heavy (non-hydrogen) atoms. The van der Waals surface area contributed by atoms with Gasteiger partial charge in [-0.1, -0.05) is 72.7 Å². The second-order valence-corrected chi connectivity index (χ2v) is 3.98. The van der Waals surface area contributed by atoms with Gasteiger partial charge in [-0.25, -0.2) is 0 Å². The van der Waals surface area contributed by atoms with Gasteiger partial charge in [0, 0.05) is 5.92 Å². The molecule has 2 heteroatoms. The van der Waals surface area contributed by atoms with Crippen molar-refractivity contribution >= 4 is 5.71 Å². The van der Waals surface area contributed by atoms with Gasteiger partial charge in [0.1, 0.15) is 0 Å². The molecule has 2 aromatic carbocycles. The van der Waals surface area contributed by atoms with Crippen molar-refractivity contribution < 1.29 is 5.21 Å². The molecule has 0 radical (unpaired) electrons. The molecular formula is C15H15NO. The first kappa shape index (κ1) is 11.4. The average molecular weight is 225 g/mol. The van der Waals surface area contributed by atoms with E-state index in [1.165, 1.54) is 0 Å². The van der Waals surface area contributed by atoms with E-state index in [0.29, 0.717) is 5.71 Å². The highest BCUT2D eigenvalue weighted by Crippen LogP contribution is 2.20. The number of oxime groups is 1. The zero-order valence-corrected chi connectivity index (χ0v) is 9.75. The van der Waals surface area contributed by atoms with Crippen LogP contribution in [0.2, 0.25) is 0 Å². The van der Waals surface area contributed by atoms with E-state index in [-0.39, 0.29) is 5.92 Å². The molecule has 0 amide bonds. The van der Waals surface area contributed by atoms with Crippen LogP contribution in [0.15, 0.2) is 65.8 Å². The Kier molecular flexibility index (Phi) is 3.55. The molecule has 0 saturated carbocycles. The van der Waals surface area contributed by atoms with Crippen molar-refractivity contribution in [1.29, 1.82) is 0 Å². The molecule has 0 aliphatic carbocycles. The molecule has 1 N–H and O–H groups in total. The molecule has 0 heterocycles. The zero-order chi connectivity index (χ0) is 12.1. The summed E-state index contributed by atoms with van der Waals surface area (Å²) in [5.41, 5.74) is 2.78. The van der Waals surface area contributed by atoms with Crippen LogP contribution in [0.1, 0.15) is 24.0 Å². The summed E-state index contributed by atoms with van der Waals surface area (Å²) < 4.78 is 0. The van der Waals surface area contributed by atoms with Gasteiger partial charge in [-0.15, -0.1) is 0 Å².